The van der Waals surface area contributed by atoms with Crippen molar-refractivity contribution in [2.45, 2.75) is 93.0 Å². The first-order valence-electron chi connectivity index (χ1n) is 24.2. The van der Waals surface area contributed by atoms with E-state index in [2.05, 4.69) is 38.0 Å². The highest BCUT2D eigenvalue weighted by atomic mass is 35.5. The minimum Gasteiger partial charge on any atom is -0.374 e. The number of aliphatic hydroxyl groups excluding tert-OH is 1. The van der Waals surface area contributed by atoms with E-state index in [0.29, 0.717) is 89.4 Å². The molecule has 1 aromatic heterocycles. The summed E-state index contributed by atoms with van der Waals surface area (Å²) in [5.41, 5.74) is 1.85. The molecule has 70 heavy (non-hydrogen) atoms. The van der Waals surface area contributed by atoms with Gasteiger partial charge in [0.15, 0.2) is 0 Å². The van der Waals surface area contributed by atoms with E-state index in [1.54, 1.807) is 55.6 Å². The maximum Gasteiger partial charge on any atom is 0.329 e. The lowest BCUT2D eigenvalue weighted by atomic mass is 9.55. The van der Waals surface area contributed by atoms with Crippen LogP contribution in [-0.2, 0) is 26.8 Å². The molecule has 6 heterocycles. The van der Waals surface area contributed by atoms with Gasteiger partial charge in [-0.1, -0.05) is 78.6 Å². The molecule has 5 aromatic rings. The van der Waals surface area contributed by atoms with E-state index in [1.165, 1.54) is 15.2 Å². The molecule has 4 saturated heterocycles. The smallest absolute Gasteiger partial charge is 0.329 e. The molecule has 4 aromatic carbocycles. The number of nitrogens with zero attached hydrogens (tertiary/aromatic N) is 4. The predicted octanol–water partition coefficient (Wildman–Crippen LogP) is 6.43. The molecule has 5 aliphatic heterocycles. The Labute approximate surface area is 413 Å². The Morgan fingerprint density at radius 3 is 2.40 bits per heavy atom. The Balaban J connectivity index is 0.742. The number of para-hydroxylation sites is 1. The largest absolute Gasteiger partial charge is 0.374 e. The van der Waals surface area contributed by atoms with E-state index < -0.39 is 46.9 Å². The number of fused-ring (bicyclic) bond motifs is 4. The van der Waals surface area contributed by atoms with Gasteiger partial charge in [0.1, 0.15) is 23.5 Å². The molecule has 14 nitrogen and oxygen atoms in total. The zero-order chi connectivity index (χ0) is 48.7. The zero-order valence-electron chi connectivity index (χ0n) is 38.6. The molecule has 0 bridgehead atoms. The highest BCUT2D eigenvalue weighted by molar-refractivity contribution is 6.31. The van der Waals surface area contributed by atoms with E-state index in [9.17, 15) is 29.1 Å². The van der Waals surface area contributed by atoms with Crippen LogP contribution in [0.15, 0.2) is 83.7 Å². The minimum atomic E-state index is -1.35. The average molecular weight is 988 g/mol. The Morgan fingerprint density at radius 1 is 0.914 bits per heavy atom. The summed E-state index contributed by atoms with van der Waals surface area (Å²) in [5.74, 6) is 3.73. The second-order valence-electron chi connectivity index (χ2n) is 20.1. The van der Waals surface area contributed by atoms with E-state index in [-0.39, 0.29) is 39.4 Å². The fourth-order valence-corrected chi connectivity index (χ4v) is 13.2. The molecule has 2 unspecified atom stereocenters. The number of anilines is 2. The van der Waals surface area contributed by atoms with Gasteiger partial charge in [0, 0.05) is 59.0 Å². The van der Waals surface area contributed by atoms with Crippen LogP contribution >= 0.6 is 23.2 Å². The van der Waals surface area contributed by atoms with Crippen molar-refractivity contribution in [1.82, 2.24) is 29.6 Å². The number of hydrogen-bond donors (Lipinski definition) is 5. The van der Waals surface area contributed by atoms with Crippen LogP contribution < -0.4 is 27.0 Å². The highest BCUT2D eigenvalue weighted by Crippen LogP contribution is 2.63. The fraction of sp³-hybridized carbons (Fsp3) is 0.415. The van der Waals surface area contributed by atoms with Crippen molar-refractivity contribution in [3.63, 3.8) is 0 Å². The van der Waals surface area contributed by atoms with Gasteiger partial charge in [0.25, 0.3) is 5.91 Å². The molecule has 17 heteroatoms. The molecule has 5 atom stereocenters. The number of carbonyl (C=O) groups is 4. The van der Waals surface area contributed by atoms with Crippen molar-refractivity contribution in [2.24, 2.45) is 12.5 Å². The number of rotatable bonds is 6. The molecular formula is C53H53Cl2FN8O6. The van der Waals surface area contributed by atoms with Gasteiger partial charge in [-0.25, -0.2) is 9.18 Å². The standard InChI is InChI=1S/C53H53Cl2FN8O6/c1-61-45-31(8-5-12-39(45)64(50(61)70)40-19-20-41(65)59-46(40)66)9-7-25-62-26-23-51(24-27-62)29-63(30-51)48(68)32-13-16-34(17-14-32)57-47(67)44-42(35-10-6-11-37(55)43(35)56)53(52(60-44)21-3-2-4-22-52)36-18-15-33(54)28-38(36)58-49(53)69/h5-6,8,10-18,28,40-42,44,60,65H,2-4,19-27,29-30H2,1H3,(H,57,67)(H,58,69)(H,59,66)/t40?,41?,42-,44+,53+/m0/s1. The van der Waals surface area contributed by atoms with Crippen molar-refractivity contribution in [3.05, 3.63) is 127 Å². The van der Waals surface area contributed by atoms with Gasteiger partial charge < -0.3 is 26.0 Å². The molecule has 0 radical (unpaired) electrons. The number of nitrogens with one attached hydrogen (secondary N) is 4. The third-order valence-electron chi connectivity index (χ3n) is 16.2. The number of aliphatic hydroxyl groups is 1. The molecule has 362 valence electrons. The second kappa shape index (κ2) is 17.7. The topological polar surface area (TPSA) is 170 Å². The fourth-order valence-electron chi connectivity index (χ4n) is 12.8. The number of aromatic nitrogens is 2. The summed E-state index contributed by atoms with van der Waals surface area (Å²) in [6.07, 6.45) is 5.48. The van der Waals surface area contributed by atoms with E-state index in [0.717, 1.165) is 45.2 Å². The first-order chi connectivity index (χ1) is 33.7. The number of imidazole rings is 1. The van der Waals surface area contributed by atoms with Gasteiger partial charge in [-0.2, -0.15) is 0 Å². The van der Waals surface area contributed by atoms with Crippen LogP contribution in [0, 0.1) is 23.1 Å². The molecule has 6 aliphatic rings. The minimum absolute atomic E-state index is 0.0328. The van der Waals surface area contributed by atoms with E-state index in [1.807, 2.05) is 29.2 Å². The van der Waals surface area contributed by atoms with Crippen molar-refractivity contribution < 1.29 is 28.7 Å². The van der Waals surface area contributed by atoms with Crippen LogP contribution in [0.3, 0.4) is 0 Å². The van der Waals surface area contributed by atoms with Crippen LogP contribution in [0.4, 0.5) is 15.8 Å². The quantitative estimate of drug-likeness (QED) is 0.121. The Kier molecular flexibility index (Phi) is 11.7. The number of amides is 4. The number of halogens is 3. The molecule has 5 fully saturated rings. The van der Waals surface area contributed by atoms with E-state index in [4.69, 9.17) is 23.2 Å². The first kappa shape index (κ1) is 46.4. The van der Waals surface area contributed by atoms with Gasteiger partial charge in [-0.15, -0.1) is 0 Å². The molecule has 3 spiro atoms. The van der Waals surface area contributed by atoms with Gasteiger partial charge in [-0.3, -0.25) is 38.5 Å². The average Bonchev–Trinajstić information content (AvgIpc) is 3.90. The van der Waals surface area contributed by atoms with Crippen LogP contribution in [0.1, 0.15) is 96.8 Å². The normalized spacial score (nSPS) is 25.6. The summed E-state index contributed by atoms with van der Waals surface area (Å²) in [4.78, 5) is 73.4. The number of hydrogen-bond acceptors (Lipinski definition) is 8. The van der Waals surface area contributed by atoms with Crippen LogP contribution in [0.5, 0.6) is 0 Å². The van der Waals surface area contributed by atoms with Crippen molar-refractivity contribution in [1.29, 1.82) is 0 Å². The molecule has 11 rings (SSSR count). The van der Waals surface area contributed by atoms with Crippen LogP contribution in [-0.4, -0.2) is 98.2 Å². The molecule has 4 amide bonds. The first-order valence-corrected chi connectivity index (χ1v) is 24.9. The van der Waals surface area contributed by atoms with Gasteiger partial charge in [0.05, 0.1) is 34.2 Å². The molecule has 1 aliphatic carbocycles. The SMILES string of the molecule is Cn1c(=O)n(C2CCC(O)NC2=O)c2cccc(C#CCN3CCC4(CC3)CN(C(=O)c3ccc(NC(=O)[C@@H]5NC6(CCCCC6)[C@@]6(C(=O)Nc7cc(Cl)ccc76)[C@H]5c5cccc(Cl)c5F)cc3)C4)c21. The summed E-state index contributed by atoms with van der Waals surface area (Å²) in [7, 11) is 1.68. The number of likely N-dealkylation sites (tertiary alicyclic amines) is 2. The Bertz CT molecular complexity index is 3100. The van der Waals surface area contributed by atoms with Crippen LogP contribution in [0.2, 0.25) is 10.0 Å². The molecule has 1 saturated carbocycles. The third-order valence-corrected chi connectivity index (χ3v) is 16.8. The zero-order valence-corrected chi connectivity index (χ0v) is 40.1. The number of piperidine rings is 2. The Morgan fingerprint density at radius 2 is 1.66 bits per heavy atom. The number of carbonyl (C=O) groups excluding carboxylic acids is 4. The summed E-state index contributed by atoms with van der Waals surface area (Å²) in [5, 5.41) is 22.5. The maximum atomic E-state index is 16.3. The van der Waals surface area contributed by atoms with Gasteiger partial charge in [-0.05, 0) is 117 Å². The summed E-state index contributed by atoms with van der Waals surface area (Å²) in [6, 6.07) is 20.6. The number of aryl methyl sites for hydroxylation is 1. The Hall–Kier alpha value is -6.02. The number of benzene rings is 4. The van der Waals surface area contributed by atoms with E-state index >= 15 is 4.39 Å². The lowest BCUT2D eigenvalue weighted by Crippen LogP contribution is -2.61. The van der Waals surface area contributed by atoms with Crippen molar-refractivity contribution >= 4 is 69.2 Å². The van der Waals surface area contributed by atoms with Crippen LogP contribution in [0.25, 0.3) is 11.0 Å². The maximum absolute atomic E-state index is 16.3. The monoisotopic (exact) mass is 986 g/mol. The van der Waals surface area contributed by atoms with Gasteiger partial charge >= 0.3 is 5.69 Å². The second-order valence-corrected chi connectivity index (χ2v) is 21.0. The van der Waals surface area contributed by atoms with Crippen molar-refractivity contribution in [2.75, 3.05) is 43.4 Å². The third kappa shape index (κ3) is 7.44. The lowest BCUT2D eigenvalue weighted by Gasteiger charge is -2.53. The molecule has 5 N–H and O–H groups in total. The summed E-state index contributed by atoms with van der Waals surface area (Å²) >= 11 is 12.8. The van der Waals surface area contributed by atoms with Crippen molar-refractivity contribution in [3.8, 4) is 11.8 Å². The summed E-state index contributed by atoms with van der Waals surface area (Å²) < 4.78 is 19.4. The highest BCUT2D eigenvalue weighted by Gasteiger charge is 2.72. The summed E-state index contributed by atoms with van der Waals surface area (Å²) in [6.45, 7) is 3.51. The molecular weight excluding hydrogens is 935 g/mol. The predicted molar refractivity (Wildman–Crippen MR) is 264 cm³/mol. The van der Waals surface area contributed by atoms with Gasteiger partial charge in [0.2, 0.25) is 17.7 Å². The lowest BCUT2D eigenvalue weighted by molar-refractivity contribution is -0.130.